The van der Waals surface area contributed by atoms with Crippen LogP contribution in [-0.4, -0.2) is 13.2 Å². The first-order valence-corrected chi connectivity index (χ1v) is 8.27. The van der Waals surface area contributed by atoms with Crippen LogP contribution in [0.4, 0.5) is 0 Å². The van der Waals surface area contributed by atoms with Gasteiger partial charge in [-0.25, -0.2) is 0 Å². The van der Waals surface area contributed by atoms with Crippen LogP contribution >= 0.6 is 0 Å². The summed E-state index contributed by atoms with van der Waals surface area (Å²) in [5.74, 6) is 1.31. The van der Waals surface area contributed by atoms with Gasteiger partial charge >= 0.3 is 0 Å². The van der Waals surface area contributed by atoms with E-state index in [1.165, 1.54) is 16.7 Å². The number of hydrogen-bond donors (Lipinski definition) is 1. The highest BCUT2D eigenvalue weighted by molar-refractivity contribution is 5.32. The number of aryl methyl sites for hydroxylation is 1. The van der Waals surface area contributed by atoms with Crippen LogP contribution < -0.4 is 10.5 Å². The van der Waals surface area contributed by atoms with Gasteiger partial charge in [0, 0.05) is 5.92 Å². The third-order valence-corrected chi connectivity index (χ3v) is 4.00. The van der Waals surface area contributed by atoms with Gasteiger partial charge in [-0.05, 0) is 54.6 Å². The van der Waals surface area contributed by atoms with Gasteiger partial charge in [0.2, 0.25) is 0 Å². The normalized spacial score (nSPS) is 12.1. The molecule has 0 radical (unpaired) electrons. The lowest BCUT2D eigenvalue weighted by atomic mass is 9.91. The van der Waals surface area contributed by atoms with E-state index in [4.69, 9.17) is 10.5 Å². The van der Waals surface area contributed by atoms with Gasteiger partial charge in [0.05, 0.1) is 6.61 Å². The summed E-state index contributed by atoms with van der Waals surface area (Å²) < 4.78 is 5.72. The van der Waals surface area contributed by atoms with Crippen molar-refractivity contribution in [2.75, 3.05) is 13.2 Å². The Labute approximate surface area is 134 Å². The van der Waals surface area contributed by atoms with Crippen LogP contribution in [0.15, 0.2) is 48.5 Å². The van der Waals surface area contributed by atoms with Crippen LogP contribution in [0.3, 0.4) is 0 Å². The summed E-state index contributed by atoms with van der Waals surface area (Å²) in [6.07, 6.45) is 3.05. The minimum Gasteiger partial charge on any atom is -0.494 e. The monoisotopic (exact) mass is 297 g/mol. The van der Waals surface area contributed by atoms with Crippen LogP contribution in [0.25, 0.3) is 0 Å². The topological polar surface area (TPSA) is 35.2 Å². The Morgan fingerprint density at radius 1 is 1.00 bits per heavy atom. The third kappa shape index (κ3) is 4.60. The van der Waals surface area contributed by atoms with Gasteiger partial charge in [0.15, 0.2) is 0 Å². The summed E-state index contributed by atoms with van der Waals surface area (Å²) in [4.78, 5) is 0. The first-order valence-electron chi connectivity index (χ1n) is 8.27. The van der Waals surface area contributed by atoms with Gasteiger partial charge < -0.3 is 10.5 Å². The van der Waals surface area contributed by atoms with E-state index < -0.39 is 0 Å². The van der Waals surface area contributed by atoms with E-state index in [1.54, 1.807) is 0 Å². The Bertz CT molecular complexity index is 562. The molecule has 1 unspecified atom stereocenters. The van der Waals surface area contributed by atoms with Crippen molar-refractivity contribution in [3.8, 4) is 5.75 Å². The summed E-state index contributed by atoms with van der Waals surface area (Å²) >= 11 is 0. The summed E-state index contributed by atoms with van der Waals surface area (Å²) in [6.45, 7) is 5.72. The predicted octanol–water partition coefficient (Wildman–Crippen LogP) is 4.32. The predicted molar refractivity (Wildman–Crippen MR) is 93.5 cm³/mol. The molecule has 0 aromatic heterocycles. The van der Waals surface area contributed by atoms with Crippen molar-refractivity contribution in [3.05, 3.63) is 65.2 Å². The Morgan fingerprint density at radius 3 is 2.41 bits per heavy atom. The fourth-order valence-corrected chi connectivity index (χ4v) is 2.63. The maximum atomic E-state index is 6.01. The molecule has 0 saturated carbocycles. The molecule has 0 fully saturated rings. The van der Waals surface area contributed by atoms with Gasteiger partial charge in [-0.15, -0.1) is 0 Å². The highest BCUT2D eigenvalue weighted by atomic mass is 16.5. The molecule has 0 aliphatic carbocycles. The SMILES string of the molecule is CCCOc1cccc(CC(CN)c2ccc(CC)cc2)c1. The second-order valence-electron chi connectivity index (χ2n) is 5.73. The first kappa shape index (κ1) is 16.6. The Kier molecular flexibility index (Phi) is 6.47. The molecule has 22 heavy (non-hydrogen) atoms. The van der Waals surface area contributed by atoms with E-state index >= 15 is 0 Å². The van der Waals surface area contributed by atoms with Gasteiger partial charge in [0.1, 0.15) is 5.75 Å². The molecular weight excluding hydrogens is 270 g/mol. The van der Waals surface area contributed by atoms with Crippen molar-refractivity contribution in [1.29, 1.82) is 0 Å². The molecule has 0 spiro atoms. The van der Waals surface area contributed by atoms with E-state index in [9.17, 15) is 0 Å². The molecule has 2 aromatic carbocycles. The molecule has 118 valence electrons. The molecule has 0 amide bonds. The van der Waals surface area contributed by atoms with Crippen molar-refractivity contribution in [1.82, 2.24) is 0 Å². The molecule has 0 aliphatic heterocycles. The second-order valence-corrected chi connectivity index (χ2v) is 5.73. The van der Waals surface area contributed by atoms with E-state index in [2.05, 4.69) is 56.3 Å². The fourth-order valence-electron chi connectivity index (χ4n) is 2.63. The highest BCUT2D eigenvalue weighted by Gasteiger charge is 2.11. The largest absolute Gasteiger partial charge is 0.494 e. The molecule has 2 nitrogen and oxygen atoms in total. The molecule has 0 saturated heterocycles. The molecule has 2 N–H and O–H groups in total. The van der Waals surface area contributed by atoms with E-state index in [0.717, 1.165) is 31.6 Å². The molecule has 0 heterocycles. The Balaban J connectivity index is 2.08. The zero-order chi connectivity index (χ0) is 15.8. The van der Waals surface area contributed by atoms with Crippen LogP contribution in [0.5, 0.6) is 5.75 Å². The number of ether oxygens (including phenoxy) is 1. The Morgan fingerprint density at radius 2 is 1.77 bits per heavy atom. The molecular formula is C20H27NO. The quantitative estimate of drug-likeness (QED) is 0.787. The minimum absolute atomic E-state index is 0.354. The maximum Gasteiger partial charge on any atom is 0.119 e. The lowest BCUT2D eigenvalue weighted by Crippen LogP contribution is -2.15. The van der Waals surface area contributed by atoms with Gasteiger partial charge in [-0.1, -0.05) is 50.2 Å². The summed E-state index contributed by atoms with van der Waals surface area (Å²) in [6, 6.07) is 17.2. The zero-order valence-electron chi connectivity index (χ0n) is 13.7. The van der Waals surface area contributed by atoms with E-state index in [1.807, 2.05) is 6.07 Å². The average Bonchev–Trinajstić information content (AvgIpc) is 2.58. The molecule has 0 aliphatic rings. The number of hydrogen-bond acceptors (Lipinski definition) is 2. The van der Waals surface area contributed by atoms with Gasteiger partial charge in [-0.2, -0.15) is 0 Å². The average molecular weight is 297 g/mol. The summed E-state index contributed by atoms with van der Waals surface area (Å²) in [7, 11) is 0. The smallest absolute Gasteiger partial charge is 0.119 e. The third-order valence-electron chi connectivity index (χ3n) is 4.00. The highest BCUT2D eigenvalue weighted by Crippen LogP contribution is 2.23. The number of benzene rings is 2. The van der Waals surface area contributed by atoms with Crippen molar-refractivity contribution in [3.63, 3.8) is 0 Å². The van der Waals surface area contributed by atoms with Crippen LogP contribution in [0.2, 0.25) is 0 Å². The molecule has 2 heteroatoms. The standard InChI is InChI=1S/C20H27NO/c1-3-12-22-20-7-5-6-17(14-20)13-19(15-21)18-10-8-16(4-2)9-11-18/h5-11,14,19H,3-4,12-13,15,21H2,1-2H3. The molecule has 1 atom stereocenters. The van der Waals surface area contributed by atoms with E-state index in [-0.39, 0.29) is 0 Å². The van der Waals surface area contributed by atoms with E-state index in [0.29, 0.717) is 12.5 Å². The minimum atomic E-state index is 0.354. The van der Waals surface area contributed by atoms with Crippen molar-refractivity contribution in [2.45, 2.75) is 39.0 Å². The second kappa shape index (κ2) is 8.60. The molecule has 2 aromatic rings. The van der Waals surface area contributed by atoms with Crippen molar-refractivity contribution >= 4 is 0 Å². The maximum absolute atomic E-state index is 6.01. The van der Waals surface area contributed by atoms with Crippen molar-refractivity contribution < 1.29 is 4.74 Å². The Hall–Kier alpha value is -1.80. The van der Waals surface area contributed by atoms with Crippen molar-refractivity contribution in [2.24, 2.45) is 5.73 Å². The molecule has 0 bridgehead atoms. The fraction of sp³-hybridized carbons (Fsp3) is 0.400. The number of rotatable bonds is 8. The van der Waals surface area contributed by atoms with Crippen LogP contribution in [0, 0.1) is 0 Å². The summed E-state index contributed by atoms with van der Waals surface area (Å²) in [5.41, 5.74) is 9.98. The van der Waals surface area contributed by atoms with Gasteiger partial charge in [-0.3, -0.25) is 0 Å². The van der Waals surface area contributed by atoms with Crippen LogP contribution in [0.1, 0.15) is 42.9 Å². The zero-order valence-corrected chi connectivity index (χ0v) is 13.7. The summed E-state index contributed by atoms with van der Waals surface area (Å²) in [5, 5.41) is 0. The van der Waals surface area contributed by atoms with Crippen LogP contribution in [-0.2, 0) is 12.8 Å². The lowest BCUT2D eigenvalue weighted by molar-refractivity contribution is 0.317. The number of nitrogens with two attached hydrogens (primary N) is 1. The first-order chi connectivity index (χ1) is 10.8. The van der Waals surface area contributed by atoms with Gasteiger partial charge in [0.25, 0.3) is 0 Å². The molecule has 2 rings (SSSR count). The lowest BCUT2D eigenvalue weighted by Gasteiger charge is -2.16.